The molecule has 0 saturated carbocycles. The van der Waals surface area contributed by atoms with Crippen molar-refractivity contribution in [2.24, 2.45) is 0 Å². The van der Waals surface area contributed by atoms with E-state index in [2.05, 4.69) is 16.8 Å². The van der Waals surface area contributed by atoms with E-state index in [1.807, 2.05) is 0 Å². The number of pyridine rings is 1. The molecule has 0 amide bonds. The Balaban J connectivity index is 2.91. The zero-order valence-corrected chi connectivity index (χ0v) is 8.06. The maximum Gasteiger partial charge on any atom is 0.146 e. The van der Waals surface area contributed by atoms with Gasteiger partial charge in [0.25, 0.3) is 0 Å². The molecule has 0 radical (unpaired) electrons. The smallest absolute Gasteiger partial charge is 0.146 e. The van der Waals surface area contributed by atoms with Gasteiger partial charge in [0.05, 0.1) is 12.0 Å². The molecule has 1 rings (SSSR count). The second-order valence-corrected chi connectivity index (χ2v) is 2.89. The Kier molecular flexibility index (Phi) is 3.75. The summed E-state index contributed by atoms with van der Waals surface area (Å²) in [6.45, 7) is 0. The minimum Gasteiger partial charge on any atom is -0.302 e. The quantitative estimate of drug-likeness (QED) is 0.408. The predicted octanol–water partition coefficient (Wildman–Crippen LogP) is 2.33. The van der Waals surface area contributed by atoms with Gasteiger partial charge in [0.2, 0.25) is 0 Å². The van der Waals surface area contributed by atoms with Gasteiger partial charge in [-0.2, -0.15) is 0 Å². The van der Waals surface area contributed by atoms with Crippen LogP contribution in [0.5, 0.6) is 0 Å². The van der Waals surface area contributed by atoms with Crippen molar-refractivity contribution >= 4 is 29.5 Å². The summed E-state index contributed by atoms with van der Waals surface area (Å²) in [7, 11) is 0. The molecule has 0 N–H and O–H groups in total. The Bertz CT molecular complexity index is 379. The Morgan fingerprint density at radius 2 is 2.23 bits per heavy atom. The number of carbonyl (C=O) groups is 1. The van der Waals surface area contributed by atoms with Gasteiger partial charge in [-0.3, -0.25) is 0 Å². The van der Waals surface area contributed by atoms with E-state index in [9.17, 15) is 4.79 Å². The van der Waals surface area contributed by atoms with Gasteiger partial charge >= 0.3 is 0 Å². The van der Waals surface area contributed by atoms with Crippen LogP contribution < -0.4 is 0 Å². The monoisotopic (exact) mass is 213 g/mol. The molecule has 0 unspecified atom stereocenters. The summed E-state index contributed by atoms with van der Waals surface area (Å²) < 4.78 is 0. The molecular weight excluding hydrogens is 209 g/mol. The highest BCUT2D eigenvalue weighted by Gasteiger charge is 1.98. The highest BCUT2D eigenvalue weighted by Crippen LogP contribution is 2.15. The molecule has 0 aliphatic carbocycles. The van der Waals surface area contributed by atoms with E-state index in [1.54, 1.807) is 12.1 Å². The van der Waals surface area contributed by atoms with Gasteiger partial charge in [-0.05, 0) is 12.1 Å². The first-order chi connectivity index (χ1) is 6.24. The van der Waals surface area contributed by atoms with Gasteiger partial charge in [0, 0.05) is 0 Å². The predicted molar refractivity (Wildman–Crippen MR) is 51.8 cm³/mol. The number of rotatable bonds is 1. The van der Waals surface area contributed by atoms with Gasteiger partial charge in [-0.15, -0.1) is 0 Å². The van der Waals surface area contributed by atoms with E-state index < -0.39 is 0 Å². The van der Waals surface area contributed by atoms with Gasteiger partial charge in [-0.1, -0.05) is 35.0 Å². The molecule has 4 heteroatoms. The van der Waals surface area contributed by atoms with Gasteiger partial charge in [0.15, 0.2) is 0 Å². The number of hydrogen-bond acceptors (Lipinski definition) is 2. The van der Waals surface area contributed by atoms with E-state index >= 15 is 0 Å². The van der Waals surface area contributed by atoms with E-state index in [0.717, 1.165) is 6.29 Å². The molecule has 0 aromatic carbocycles. The maximum atomic E-state index is 9.96. The lowest BCUT2D eigenvalue weighted by molar-refractivity contribution is -0.107. The topological polar surface area (TPSA) is 30.0 Å². The second-order valence-electron chi connectivity index (χ2n) is 2.14. The first-order valence-electron chi connectivity index (χ1n) is 3.48. The van der Waals surface area contributed by atoms with Gasteiger partial charge < -0.3 is 4.79 Å². The summed E-state index contributed by atoms with van der Waals surface area (Å²) in [5.41, 5.74) is 0.577. The molecule has 1 aromatic heterocycles. The maximum absolute atomic E-state index is 9.96. The fourth-order valence-corrected chi connectivity index (χ4v) is 1.09. The summed E-state index contributed by atoms with van der Waals surface area (Å²) in [6.07, 6.45) is 0.920. The van der Waals surface area contributed by atoms with Crippen LogP contribution in [-0.4, -0.2) is 11.3 Å². The Hall–Kier alpha value is -1.04. The van der Waals surface area contributed by atoms with Gasteiger partial charge in [0.1, 0.15) is 16.6 Å². The lowest BCUT2D eigenvalue weighted by Crippen LogP contribution is -1.82. The average molecular weight is 214 g/mol. The molecule has 0 saturated heterocycles. The number of aldehydes is 1. The van der Waals surface area contributed by atoms with Crippen molar-refractivity contribution in [3.8, 4) is 11.8 Å². The number of hydrogen-bond donors (Lipinski definition) is 0. The van der Waals surface area contributed by atoms with Crippen LogP contribution in [0, 0.1) is 11.8 Å². The van der Waals surface area contributed by atoms with Crippen molar-refractivity contribution in [2.45, 2.75) is 6.42 Å². The molecular formula is C9H5Cl2NO. The van der Waals surface area contributed by atoms with Crippen molar-refractivity contribution < 1.29 is 4.79 Å². The summed E-state index contributed by atoms with van der Waals surface area (Å²) >= 11 is 11.3. The van der Waals surface area contributed by atoms with Crippen LogP contribution in [0.2, 0.25) is 10.3 Å². The highest BCUT2D eigenvalue weighted by molar-refractivity contribution is 6.33. The van der Waals surface area contributed by atoms with Crippen LogP contribution in [0.4, 0.5) is 0 Å². The van der Waals surface area contributed by atoms with Gasteiger partial charge in [-0.25, -0.2) is 4.98 Å². The van der Waals surface area contributed by atoms with E-state index in [-0.39, 0.29) is 11.6 Å². The molecule has 13 heavy (non-hydrogen) atoms. The number of nitrogens with zero attached hydrogens (tertiary/aromatic N) is 1. The van der Waals surface area contributed by atoms with Crippen LogP contribution in [-0.2, 0) is 4.79 Å². The fraction of sp³-hybridized carbons (Fsp3) is 0.111. The Morgan fingerprint density at radius 3 is 2.85 bits per heavy atom. The standard InChI is InChI=1S/C9H5Cl2NO/c10-8-5-4-7(9(11)12-8)3-1-2-6-13/h4-6H,2H2. The van der Waals surface area contributed by atoms with Crippen molar-refractivity contribution in [3.63, 3.8) is 0 Å². The number of carbonyl (C=O) groups excluding carboxylic acids is 1. The number of aromatic nitrogens is 1. The molecule has 0 atom stereocenters. The molecule has 0 spiro atoms. The van der Waals surface area contributed by atoms with Crippen molar-refractivity contribution in [1.29, 1.82) is 0 Å². The third-order valence-corrected chi connectivity index (χ3v) is 1.72. The third kappa shape index (κ3) is 3.06. The second kappa shape index (κ2) is 4.86. The molecule has 0 bridgehead atoms. The zero-order valence-electron chi connectivity index (χ0n) is 6.55. The zero-order chi connectivity index (χ0) is 9.68. The molecule has 0 fully saturated rings. The first-order valence-corrected chi connectivity index (χ1v) is 4.24. The summed E-state index contributed by atoms with van der Waals surface area (Å²) in [5.74, 6) is 5.33. The normalized spacial score (nSPS) is 8.77. The van der Waals surface area contributed by atoms with E-state index in [4.69, 9.17) is 23.2 Å². The van der Waals surface area contributed by atoms with E-state index in [0.29, 0.717) is 10.7 Å². The highest BCUT2D eigenvalue weighted by atomic mass is 35.5. The molecule has 2 nitrogen and oxygen atoms in total. The van der Waals surface area contributed by atoms with Crippen LogP contribution >= 0.6 is 23.2 Å². The SMILES string of the molecule is O=CCC#Cc1ccc(Cl)nc1Cl. The first kappa shape index (κ1) is 10.0. The summed E-state index contributed by atoms with van der Waals surface area (Å²) in [4.78, 5) is 13.8. The van der Waals surface area contributed by atoms with Crippen molar-refractivity contribution in [2.75, 3.05) is 0 Å². The Labute approximate surface area is 85.9 Å². The molecule has 66 valence electrons. The Morgan fingerprint density at radius 1 is 1.46 bits per heavy atom. The van der Waals surface area contributed by atoms with Crippen LogP contribution in [0.1, 0.15) is 12.0 Å². The average Bonchev–Trinajstić information content (AvgIpc) is 2.09. The van der Waals surface area contributed by atoms with Crippen LogP contribution in [0.3, 0.4) is 0 Å². The minimum atomic E-state index is 0.193. The van der Waals surface area contributed by atoms with Crippen molar-refractivity contribution in [1.82, 2.24) is 4.98 Å². The fourth-order valence-electron chi connectivity index (χ4n) is 0.693. The summed E-state index contributed by atoms with van der Waals surface area (Å²) in [5, 5.41) is 0.580. The third-order valence-electron chi connectivity index (χ3n) is 1.22. The summed E-state index contributed by atoms with van der Waals surface area (Å²) in [6, 6.07) is 3.26. The van der Waals surface area contributed by atoms with E-state index in [1.165, 1.54) is 0 Å². The largest absolute Gasteiger partial charge is 0.302 e. The molecule has 1 aromatic rings. The van der Waals surface area contributed by atoms with Crippen molar-refractivity contribution in [3.05, 3.63) is 28.0 Å². The molecule has 1 heterocycles. The number of halogens is 2. The molecule has 0 aliphatic rings. The van der Waals surface area contributed by atoms with Crippen LogP contribution in [0.25, 0.3) is 0 Å². The van der Waals surface area contributed by atoms with Crippen LogP contribution in [0.15, 0.2) is 12.1 Å². The minimum absolute atomic E-state index is 0.193. The lowest BCUT2D eigenvalue weighted by Gasteiger charge is -1.93. The molecule has 0 aliphatic heterocycles. The lowest BCUT2D eigenvalue weighted by atomic mass is 10.3.